The number of carbonyl (C=O) groups is 2. The highest BCUT2D eigenvalue weighted by Crippen LogP contribution is 2.20. The molecule has 180 valence electrons. The molecule has 7 nitrogen and oxygen atoms in total. The van der Waals surface area contributed by atoms with Gasteiger partial charge in [-0.05, 0) is 49.6 Å². The van der Waals surface area contributed by atoms with E-state index >= 15 is 0 Å². The van der Waals surface area contributed by atoms with E-state index < -0.39 is 28.5 Å². The van der Waals surface area contributed by atoms with Gasteiger partial charge in [0.2, 0.25) is 21.8 Å². The van der Waals surface area contributed by atoms with Gasteiger partial charge in [0.05, 0.1) is 11.9 Å². The Balaban J connectivity index is 2.34. The molecule has 1 atom stereocenters. The molecule has 0 unspecified atom stereocenters. The molecule has 0 aliphatic rings. The van der Waals surface area contributed by atoms with Crippen LogP contribution in [-0.4, -0.2) is 50.5 Å². The van der Waals surface area contributed by atoms with E-state index in [-0.39, 0.29) is 18.4 Å². The minimum atomic E-state index is -3.73. The zero-order valence-electron chi connectivity index (χ0n) is 19.7. The Morgan fingerprint density at radius 2 is 1.58 bits per heavy atom. The summed E-state index contributed by atoms with van der Waals surface area (Å²) >= 11 is 3.39. The van der Waals surface area contributed by atoms with E-state index in [1.165, 1.54) is 4.90 Å². The third-order valence-electron chi connectivity index (χ3n) is 5.12. The van der Waals surface area contributed by atoms with E-state index in [0.717, 1.165) is 26.2 Å². The topological polar surface area (TPSA) is 86.8 Å². The first-order chi connectivity index (χ1) is 15.4. The van der Waals surface area contributed by atoms with Crippen LogP contribution in [0.5, 0.6) is 0 Å². The number of anilines is 1. The Morgan fingerprint density at radius 3 is 2.09 bits per heavy atom. The summed E-state index contributed by atoms with van der Waals surface area (Å²) in [4.78, 5) is 27.6. The lowest BCUT2D eigenvalue weighted by atomic mass is 10.1. The van der Waals surface area contributed by atoms with E-state index in [1.807, 2.05) is 45.0 Å². The van der Waals surface area contributed by atoms with E-state index in [1.54, 1.807) is 31.2 Å². The van der Waals surface area contributed by atoms with Crippen LogP contribution in [0.15, 0.2) is 53.0 Å². The maximum absolute atomic E-state index is 13.4. The number of rotatable bonds is 10. The van der Waals surface area contributed by atoms with Crippen molar-refractivity contribution in [1.29, 1.82) is 0 Å². The summed E-state index contributed by atoms with van der Waals surface area (Å²) < 4.78 is 27.0. The van der Waals surface area contributed by atoms with Crippen LogP contribution in [0.2, 0.25) is 0 Å². The fourth-order valence-electron chi connectivity index (χ4n) is 3.15. The number of nitrogens with zero attached hydrogens (tertiary/aromatic N) is 2. The maximum atomic E-state index is 13.4. The molecule has 0 aliphatic carbocycles. The van der Waals surface area contributed by atoms with Gasteiger partial charge in [-0.15, -0.1) is 0 Å². The molecule has 2 amide bonds. The number of hydrogen-bond acceptors (Lipinski definition) is 4. The number of sulfonamides is 1. The van der Waals surface area contributed by atoms with Gasteiger partial charge < -0.3 is 10.2 Å². The van der Waals surface area contributed by atoms with Crippen LogP contribution in [-0.2, 0) is 26.2 Å². The molecular formula is C24H32BrN3O4S. The van der Waals surface area contributed by atoms with Crippen molar-refractivity contribution in [1.82, 2.24) is 10.2 Å². The van der Waals surface area contributed by atoms with Crippen LogP contribution in [0.3, 0.4) is 0 Å². The molecule has 2 rings (SSSR count). The highest BCUT2D eigenvalue weighted by molar-refractivity contribution is 9.10. The fraction of sp³-hybridized carbons (Fsp3) is 0.417. The lowest BCUT2D eigenvalue weighted by Gasteiger charge is -2.31. The summed E-state index contributed by atoms with van der Waals surface area (Å²) in [5.41, 5.74) is 2.21. The van der Waals surface area contributed by atoms with Crippen molar-refractivity contribution in [3.05, 3.63) is 64.1 Å². The number of nitrogens with one attached hydrogen (secondary N) is 1. The Hall–Kier alpha value is -2.39. The molecule has 0 heterocycles. The first-order valence-corrected chi connectivity index (χ1v) is 13.4. The minimum absolute atomic E-state index is 0.174. The van der Waals surface area contributed by atoms with Crippen molar-refractivity contribution in [2.75, 3.05) is 23.7 Å². The van der Waals surface area contributed by atoms with Gasteiger partial charge >= 0.3 is 0 Å². The Bertz CT molecular complexity index is 1050. The molecule has 2 aromatic carbocycles. The third-order valence-corrected chi connectivity index (χ3v) is 6.79. The molecule has 2 aromatic rings. The quantitative estimate of drug-likeness (QED) is 0.500. The maximum Gasteiger partial charge on any atom is 0.244 e. The molecule has 0 saturated heterocycles. The van der Waals surface area contributed by atoms with E-state index in [4.69, 9.17) is 0 Å². The van der Waals surface area contributed by atoms with E-state index in [2.05, 4.69) is 21.2 Å². The van der Waals surface area contributed by atoms with Gasteiger partial charge in [0, 0.05) is 17.6 Å². The summed E-state index contributed by atoms with van der Waals surface area (Å²) in [7, 11) is -3.73. The number of aryl methyl sites for hydroxylation is 1. The van der Waals surface area contributed by atoms with E-state index in [9.17, 15) is 18.0 Å². The normalized spacial score (nSPS) is 12.3. The summed E-state index contributed by atoms with van der Waals surface area (Å²) in [5, 5.41) is 2.86. The van der Waals surface area contributed by atoms with Crippen molar-refractivity contribution in [3.8, 4) is 0 Å². The smallest absolute Gasteiger partial charge is 0.244 e. The molecular weight excluding hydrogens is 506 g/mol. The average Bonchev–Trinajstić information content (AvgIpc) is 2.74. The van der Waals surface area contributed by atoms with Gasteiger partial charge in [-0.2, -0.15) is 0 Å². The number of carbonyl (C=O) groups excluding carboxylic acids is 2. The van der Waals surface area contributed by atoms with Crippen LogP contribution >= 0.6 is 15.9 Å². The monoisotopic (exact) mass is 537 g/mol. The number of halogens is 1. The summed E-state index contributed by atoms with van der Waals surface area (Å²) in [5.74, 6) is -0.481. The molecule has 33 heavy (non-hydrogen) atoms. The van der Waals surface area contributed by atoms with Crippen LogP contribution in [0, 0.1) is 12.8 Å². The molecule has 9 heteroatoms. The van der Waals surface area contributed by atoms with Gasteiger partial charge in [-0.25, -0.2) is 8.42 Å². The molecule has 0 spiro atoms. The van der Waals surface area contributed by atoms with Crippen molar-refractivity contribution in [3.63, 3.8) is 0 Å². The van der Waals surface area contributed by atoms with Crippen molar-refractivity contribution in [2.45, 2.75) is 40.3 Å². The Kier molecular flexibility index (Phi) is 9.48. The van der Waals surface area contributed by atoms with Crippen LogP contribution < -0.4 is 9.62 Å². The van der Waals surface area contributed by atoms with Gasteiger partial charge in [0.1, 0.15) is 12.6 Å². The molecule has 0 aliphatic heterocycles. The molecule has 0 radical (unpaired) electrons. The lowest BCUT2D eigenvalue weighted by molar-refractivity contribution is -0.139. The molecule has 0 aromatic heterocycles. The summed E-state index contributed by atoms with van der Waals surface area (Å²) in [6, 6.07) is 13.6. The van der Waals surface area contributed by atoms with Gasteiger partial charge in [-0.3, -0.25) is 13.9 Å². The largest absolute Gasteiger partial charge is 0.354 e. The van der Waals surface area contributed by atoms with Crippen LogP contribution in [0.1, 0.15) is 31.9 Å². The summed E-state index contributed by atoms with van der Waals surface area (Å²) in [6.45, 7) is 7.79. The van der Waals surface area contributed by atoms with Crippen molar-refractivity contribution >= 4 is 43.5 Å². The molecule has 0 fully saturated rings. The molecule has 1 N–H and O–H groups in total. The Morgan fingerprint density at radius 1 is 1.00 bits per heavy atom. The predicted octanol–water partition coefficient (Wildman–Crippen LogP) is 3.71. The second kappa shape index (κ2) is 11.7. The van der Waals surface area contributed by atoms with Crippen LogP contribution in [0.25, 0.3) is 0 Å². The van der Waals surface area contributed by atoms with Gasteiger partial charge in [0.25, 0.3) is 0 Å². The standard InChI is InChI=1S/C24H32BrN3O4S/c1-17(2)14-26-24(30)19(4)27(15-20-8-10-21(25)11-9-20)23(29)16-28(33(5,31)32)22-12-6-18(3)7-13-22/h6-13,17,19H,14-16H2,1-5H3,(H,26,30)/t19-/m1/s1. The zero-order chi connectivity index (χ0) is 24.8. The summed E-state index contributed by atoms with van der Waals surface area (Å²) in [6.07, 6.45) is 1.07. The first-order valence-electron chi connectivity index (χ1n) is 10.7. The number of amides is 2. The van der Waals surface area contributed by atoms with Crippen molar-refractivity contribution in [2.24, 2.45) is 5.92 Å². The van der Waals surface area contributed by atoms with Crippen LogP contribution in [0.4, 0.5) is 5.69 Å². The van der Waals surface area contributed by atoms with Gasteiger partial charge in [-0.1, -0.05) is 59.6 Å². The first kappa shape index (κ1) is 26.9. The highest BCUT2D eigenvalue weighted by atomic mass is 79.9. The lowest BCUT2D eigenvalue weighted by Crippen LogP contribution is -2.51. The molecule has 0 saturated carbocycles. The Labute approximate surface area is 205 Å². The number of hydrogen-bond donors (Lipinski definition) is 1. The zero-order valence-corrected chi connectivity index (χ0v) is 22.1. The highest BCUT2D eigenvalue weighted by Gasteiger charge is 2.30. The fourth-order valence-corrected chi connectivity index (χ4v) is 4.26. The predicted molar refractivity (Wildman–Crippen MR) is 135 cm³/mol. The third kappa shape index (κ3) is 8.16. The number of benzene rings is 2. The van der Waals surface area contributed by atoms with Crippen molar-refractivity contribution < 1.29 is 18.0 Å². The van der Waals surface area contributed by atoms with E-state index in [0.29, 0.717) is 12.2 Å². The van der Waals surface area contributed by atoms with Gasteiger partial charge in [0.15, 0.2) is 0 Å². The minimum Gasteiger partial charge on any atom is -0.354 e. The SMILES string of the molecule is Cc1ccc(N(CC(=O)N(Cc2ccc(Br)cc2)[C@H](C)C(=O)NCC(C)C)S(C)(=O)=O)cc1. The second-order valence-corrected chi connectivity index (χ2v) is 11.4. The average molecular weight is 539 g/mol. The molecule has 0 bridgehead atoms. The second-order valence-electron chi connectivity index (χ2n) is 8.57.